The van der Waals surface area contributed by atoms with E-state index in [4.69, 9.17) is 4.74 Å². The third-order valence-electron chi connectivity index (χ3n) is 3.50. The summed E-state index contributed by atoms with van der Waals surface area (Å²) in [6.45, 7) is 5.00. The van der Waals surface area contributed by atoms with Gasteiger partial charge in [-0.05, 0) is 38.7 Å². The van der Waals surface area contributed by atoms with E-state index >= 15 is 0 Å². The Kier molecular flexibility index (Phi) is 5.79. The summed E-state index contributed by atoms with van der Waals surface area (Å²) in [4.78, 5) is 5.14. The highest BCUT2D eigenvalue weighted by atomic mass is 32.1. The molecule has 0 spiro atoms. The van der Waals surface area contributed by atoms with Crippen molar-refractivity contribution in [3.8, 4) is 5.75 Å². The molecule has 0 bridgehead atoms. The van der Waals surface area contributed by atoms with Crippen molar-refractivity contribution in [1.29, 1.82) is 0 Å². The molecule has 1 N–H and O–H groups in total. The maximum Gasteiger partial charge on any atom is 0.123 e. The van der Waals surface area contributed by atoms with Crippen LogP contribution in [0, 0.1) is 6.92 Å². The van der Waals surface area contributed by atoms with Crippen LogP contribution in [0.25, 0.3) is 0 Å². The minimum absolute atomic E-state index is 0.890. The van der Waals surface area contributed by atoms with Crippen LogP contribution in [0.5, 0.6) is 5.75 Å². The fraction of sp³-hybridized carbons (Fsp3) is 0.412. The summed E-state index contributed by atoms with van der Waals surface area (Å²) in [5.74, 6) is 0.960. The molecule has 0 saturated heterocycles. The Balaban J connectivity index is 2.02. The third-order valence-corrected chi connectivity index (χ3v) is 4.59. The monoisotopic (exact) mass is 304 g/mol. The highest BCUT2D eigenvalue weighted by Crippen LogP contribution is 2.24. The van der Waals surface area contributed by atoms with E-state index in [1.165, 1.54) is 20.9 Å². The first-order valence-corrected chi connectivity index (χ1v) is 7.99. The highest BCUT2D eigenvalue weighted by molar-refractivity contribution is 7.12. The van der Waals surface area contributed by atoms with Crippen molar-refractivity contribution < 1.29 is 4.74 Å². The van der Waals surface area contributed by atoms with E-state index in [2.05, 4.69) is 42.4 Å². The second-order valence-corrected chi connectivity index (χ2v) is 6.65. The SMILES string of the molecule is CNCc1cc(CN(C)Cc2ccccc2OC)c(C)s1. The van der Waals surface area contributed by atoms with E-state index in [0.29, 0.717) is 0 Å². The lowest BCUT2D eigenvalue weighted by Gasteiger charge is -2.18. The largest absolute Gasteiger partial charge is 0.496 e. The molecule has 21 heavy (non-hydrogen) atoms. The zero-order valence-electron chi connectivity index (χ0n) is 13.3. The number of ether oxygens (including phenoxy) is 1. The average Bonchev–Trinajstić information content (AvgIpc) is 2.79. The number of thiophene rings is 1. The first kappa shape index (κ1) is 16.0. The zero-order chi connectivity index (χ0) is 15.2. The number of benzene rings is 1. The number of methoxy groups -OCH3 is 1. The van der Waals surface area contributed by atoms with Crippen molar-refractivity contribution >= 4 is 11.3 Å². The number of rotatable bonds is 7. The topological polar surface area (TPSA) is 24.5 Å². The lowest BCUT2D eigenvalue weighted by Crippen LogP contribution is -2.17. The smallest absolute Gasteiger partial charge is 0.123 e. The Labute approximate surface area is 131 Å². The lowest BCUT2D eigenvalue weighted by molar-refractivity contribution is 0.310. The van der Waals surface area contributed by atoms with Gasteiger partial charge in [0, 0.05) is 35.0 Å². The van der Waals surface area contributed by atoms with Gasteiger partial charge in [0.05, 0.1) is 7.11 Å². The number of hydrogen-bond acceptors (Lipinski definition) is 4. The number of para-hydroxylation sites is 1. The lowest BCUT2D eigenvalue weighted by atomic mass is 10.1. The molecule has 4 heteroatoms. The molecule has 3 nitrogen and oxygen atoms in total. The van der Waals surface area contributed by atoms with Gasteiger partial charge in [-0.1, -0.05) is 18.2 Å². The fourth-order valence-corrected chi connectivity index (χ4v) is 3.54. The summed E-state index contributed by atoms with van der Waals surface area (Å²) in [5, 5.41) is 3.21. The molecule has 0 amide bonds. The summed E-state index contributed by atoms with van der Waals surface area (Å²) >= 11 is 1.88. The van der Waals surface area contributed by atoms with Crippen molar-refractivity contribution in [2.75, 3.05) is 21.2 Å². The summed E-state index contributed by atoms with van der Waals surface area (Å²) in [6, 6.07) is 10.5. The van der Waals surface area contributed by atoms with Gasteiger partial charge < -0.3 is 10.1 Å². The average molecular weight is 304 g/mol. The van der Waals surface area contributed by atoms with Crippen molar-refractivity contribution in [3.05, 3.63) is 51.2 Å². The fourth-order valence-electron chi connectivity index (χ4n) is 2.48. The predicted octanol–water partition coefficient (Wildman–Crippen LogP) is 3.42. The van der Waals surface area contributed by atoms with E-state index < -0.39 is 0 Å². The van der Waals surface area contributed by atoms with Crippen LogP contribution in [-0.2, 0) is 19.6 Å². The third kappa shape index (κ3) is 4.30. The molecule has 114 valence electrons. The van der Waals surface area contributed by atoms with Crippen molar-refractivity contribution in [2.45, 2.75) is 26.6 Å². The molecule has 0 fully saturated rings. The highest BCUT2D eigenvalue weighted by Gasteiger charge is 2.10. The van der Waals surface area contributed by atoms with Crippen LogP contribution in [0.3, 0.4) is 0 Å². The van der Waals surface area contributed by atoms with Gasteiger partial charge in [-0.25, -0.2) is 0 Å². The van der Waals surface area contributed by atoms with Crippen LogP contribution < -0.4 is 10.1 Å². The molecular weight excluding hydrogens is 280 g/mol. The molecule has 0 aliphatic heterocycles. The molecular formula is C17H24N2OS. The van der Waals surface area contributed by atoms with Gasteiger partial charge >= 0.3 is 0 Å². The number of aryl methyl sites for hydroxylation is 1. The van der Waals surface area contributed by atoms with Crippen LogP contribution in [0.2, 0.25) is 0 Å². The normalized spacial score (nSPS) is 11.1. The van der Waals surface area contributed by atoms with Gasteiger partial charge in [0.25, 0.3) is 0 Å². The summed E-state index contributed by atoms with van der Waals surface area (Å²) in [6.07, 6.45) is 0. The maximum absolute atomic E-state index is 5.42. The van der Waals surface area contributed by atoms with Crippen LogP contribution in [0.15, 0.2) is 30.3 Å². The molecule has 0 unspecified atom stereocenters. The van der Waals surface area contributed by atoms with E-state index in [0.717, 1.165) is 25.4 Å². The van der Waals surface area contributed by atoms with E-state index in [1.54, 1.807) is 7.11 Å². The Morgan fingerprint density at radius 2 is 1.90 bits per heavy atom. The van der Waals surface area contributed by atoms with Gasteiger partial charge in [0.1, 0.15) is 5.75 Å². The van der Waals surface area contributed by atoms with Crippen molar-refractivity contribution in [2.24, 2.45) is 0 Å². The molecule has 0 aliphatic rings. The summed E-state index contributed by atoms with van der Waals surface area (Å²) < 4.78 is 5.42. The van der Waals surface area contributed by atoms with Crippen molar-refractivity contribution in [1.82, 2.24) is 10.2 Å². The van der Waals surface area contributed by atoms with E-state index in [9.17, 15) is 0 Å². The number of nitrogens with zero attached hydrogens (tertiary/aromatic N) is 1. The molecule has 1 aromatic carbocycles. The van der Waals surface area contributed by atoms with Gasteiger partial charge in [-0.3, -0.25) is 4.90 Å². The maximum atomic E-state index is 5.42. The van der Waals surface area contributed by atoms with Crippen LogP contribution in [0.1, 0.15) is 20.9 Å². The van der Waals surface area contributed by atoms with E-state index in [-0.39, 0.29) is 0 Å². The molecule has 0 atom stereocenters. The Morgan fingerprint density at radius 1 is 1.19 bits per heavy atom. The second-order valence-electron chi connectivity index (χ2n) is 5.31. The number of nitrogens with one attached hydrogen (secondary N) is 1. The zero-order valence-corrected chi connectivity index (χ0v) is 14.1. The Hall–Kier alpha value is -1.36. The first-order chi connectivity index (χ1) is 10.1. The van der Waals surface area contributed by atoms with Gasteiger partial charge in [-0.15, -0.1) is 11.3 Å². The Bertz CT molecular complexity index is 580. The summed E-state index contributed by atoms with van der Waals surface area (Å²) in [7, 11) is 5.87. The predicted molar refractivity (Wildman–Crippen MR) is 90.0 cm³/mol. The molecule has 0 saturated carbocycles. The van der Waals surface area contributed by atoms with Gasteiger partial charge in [0.2, 0.25) is 0 Å². The minimum atomic E-state index is 0.890. The standard InChI is InChI=1S/C17H24N2OS/c1-13-15(9-16(21-13)10-18-2)12-19(3)11-14-7-5-6-8-17(14)20-4/h5-9,18H,10-12H2,1-4H3. The molecule has 2 aromatic rings. The number of hydrogen-bond donors (Lipinski definition) is 1. The van der Waals surface area contributed by atoms with Crippen LogP contribution in [0.4, 0.5) is 0 Å². The van der Waals surface area contributed by atoms with Gasteiger partial charge in [-0.2, -0.15) is 0 Å². The van der Waals surface area contributed by atoms with E-state index in [1.807, 2.05) is 30.5 Å². The van der Waals surface area contributed by atoms with Crippen molar-refractivity contribution in [3.63, 3.8) is 0 Å². The quantitative estimate of drug-likeness (QED) is 0.848. The molecule has 1 heterocycles. The molecule has 1 aromatic heterocycles. The van der Waals surface area contributed by atoms with Crippen LogP contribution >= 0.6 is 11.3 Å². The summed E-state index contributed by atoms with van der Waals surface area (Å²) in [5.41, 5.74) is 2.65. The van der Waals surface area contributed by atoms with Crippen LogP contribution in [-0.4, -0.2) is 26.1 Å². The van der Waals surface area contributed by atoms with Gasteiger partial charge in [0.15, 0.2) is 0 Å². The molecule has 0 aliphatic carbocycles. The Morgan fingerprint density at radius 3 is 2.62 bits per heavy atom. The second kappa shape index (κ2) is 7.59. The molecule has 2 rings (SSSR count). The minimum Gasteiger partial charge on any atom is -0.496 e. The first-order valence-electron chi connectivity index (χ1n) is 7.17. The molecule has 0 radical (unpaired) electrons.